The van der Waals surface area contributed by atoms with Crippen molar-refractivity contribution in [3.05, 3.63) is 48.3 Å². The van der Waals surface area contributed by atoms with Gasteiger partial charge in [-0.3, -0.25) is 4.98 Å². The minimum atomic E-state index is 0.674. The van der Waals surface area contributed by atoms with Crippen LogP contribution in [0.1, 0.15) is 19.0 Å². The van der Waals surface area contributed by atoms with E-state index < -0.39 is 0 Å². The normalized spacial score (nSPS) is 21.3. The molecular formula is C12H13N. The van der Waals surface area contributed by atoms with Crippen molar-refractivity contribution in [2.75, 3.05) is 0 Å². The van der Waals surface area contributed by atoms with Gasteiger partial charge in [-0.15, -0.1) is 0 Å². The van der Waals surface area contributed by atoms with Crippen molar-refractivity contribution in [1.29, 1.82) is 0 Å². The Morgan fingerprint density at radius 2 is 2.31 bits per heavy atom. The van der Waals surface area contributed by atoms with E-state index in [1.807, 2.05) is 24.4 Å². The number of hydrogen-bond acceptors (Lipinski definition) is 1. The third kappa shape index (κ3) is 1.86. The molecule has 0 bridgehead atoms. The van der Waals surface area contributed by atoms with Crippen LogP contribution >= 0.6 is 0 Å². The lowest BCUT2D eigenvalue weighted by molar-refractivity contribution is 0.738. The summed E-state index contributed by atoms with van der Waals surface area (Å²) in [7, 11) is 0. The number of nitrogens with zero attached hydrogens (tertiary/aromatic N) is 1. The van der Waals surface area contributed by atoms with E-state index in [1.165, 1.54) is 5.57 Å². The highest BCUT2D eigenvalue weighted by atomic mass is 14.7. The van der Waals surface area contributed by atoms with Gasteiger partial charge in [-0.05, 0) is 30.0 Å². The zero-order valence-electron chi connectivity index (χ0n) is 7.77. The summed E-state index contributed by atoms with van der Waals surface area (Å²) in [6, 6.07) is 6.01. The van der Waals surface area contributed by atoms with Crippen molar-refractivity contribution < 1.29 is 0 Å². The fourth-order valence-corrected chi connectivity index (χ4v) is 1.45. The molecule has 1 unspecified atom stereocenters. The van der Waals surface area contributed by atoms with E-state index in [1.54, 1.807) is 0 Å². The van der Waals surface area contributed by atoms with Crippen LogP contribution in [0.4, 0.5) is 0 Å². The Kier molecular flexibility index (Phi) is 2.26. The van der Waals surface area contributed by atoms with Crippen molar-refractivity contribution in [2.45, 2.75) is 13.3 Å². The van der Waals surface area contributed by atoms with Crippen LogP contribution in [0.3, 0.4) is 0 Å². The van der Waals surface area contributed by atoms with E-state index in [-0.39, 0.29) is 0 Å². The van der Waals surface area contributed by atoms with E-state index in [0.29, 0.717) is 5.92 Å². The van der Waals surface area contributed by atoms with E-state index in [2.05, 4.69) is 30.1 Å². The Morgan fingerprint density at radius 1 is 1.38 bits per heavy atom. The average molecular weight is 171 g/mol. The number of hydrogen-bond donors (Lipinski definition) is 0. The van der Waals surface area contributed by atoms with Gasteiger partial charge in [0.15, 0.2) is 0 Å². The predicted octanol–water partition coefficient (Wildman–Crippen LogP) is 3.06. The molecule has 13 heavy (non-hydrogen) atoms. The molecule has 0 saturated heterocycles. The van der Waals surface area contributed by atoms with Crippen molar-refractivity contribution in [2.24, 2.45) is 5.92 Å². The average Bonchev–Trinajstić information content (AvgIpc) is 2.20. The topological polar surface area (TPSA) is 12.9 Å². The molecule has 1 aromatic heterocycles. The lowest BCUT2D eigenvalue weighted by atomic mass is 9.97. The van der Waals surface area contributed by atoms with Gasteiger partial charge >= 0.3 is 0 Å². The van der Waals surface area contributed by atoms with E-state index in [4.69, 9.17) is 0 Å². The number of pyridine rings is 1. The summed E-state index contributed by atoms with van der Waals surface area (Å²) in [6.07, 6.45) is 9.62. The van der Waals surface area contributed by atoms with Crippen LogP contribution in [-0.2, 0) is 0 Å². The first kappa shape index (κ1) is 8.24. The molecule has 1 heteroatoms. The molecular weight excluding hydrogens is 158 g/mol. The van der Waals surface area contributed by atoms with Crippen LogP contribution in [0.25, 0.3) is 5.57 Å². The molecule has 0 aliphatic heterocycles. The first-order chi connectivity index (χ1) is 6.36. The zero-order valence-corrected chi connectivity index (χ0v) is 7.77. The summed E-state index contributed by atoms with van der Waals surface area (Å²) in [5.74, 6) is 0.674. The monoisotopic (exact) mass is 171 g/mol. The molecule has 66 valence electrons. The maximum atomic E-state index is 4.31. The Morgan fingerprint density at radius 3 is 2.92 bits per heavy atom. The van der Waals surface area contributed by atoms with Gasteiger partial charge in [0, 0.05) is 6.20 Å². The van der Waals surface area contributed by atoms with Gasteiger partial charge in [0.2, 0.25) is 0 Å². The van der Waals surface area contributed by atoms with Gasteiger partial charge < -0.3 is 0 Å². The first-order valence-corrected chi connectivity index (χ1v) is 4.66. The lowest BCUT2D eigenvalue weighted by Crippen LogP contribution is -1.95. The minimum absolute atomic E-state index is 0.674. The van der Waals surface area contributed by atoms with Gasteiger partial charge in [-0.2, -0.15) is 0 Å². The number of allylic oxidation sites excluding steroid dienone is 4. The Bertz CT molecular complexity index is 335. The summed E-state index contributed by atoms with van der Waals surface area (Å²) < 4.78 is 0. The molecule has 0 amide bonds. The molecule has 0 saturated carbocycles. The molecule has 2 rings (SSSR count). The molecule has 1 heterocycles. The summed E-state index contributed by atoms with van der Waals surface area (Å²) in [4.78, 5) is 4.31. The van der Waals surface area contributed by atoms with Crippen LogP contribution in [0, 0.1) is 5.92 Å². The fourth-order valence-electron chi connectivity index (χ4n) is 1.45. The predicted molar refractivity (Wildman–Crippen MR) is 55.1 cm³/mol. The zero-order chi connectivity index (χ0) is 9.10. The largest absolute Gasteiger partial charge is 0.256 e. The van der Waals surface area contributed by atoms with Gasteiger partial charge in [0.05, 0.1) is 5.69 Å². The molecule has 1 aliphatic rings. The quantitative estimate of drug-likeness (QED) is 0.632. The smallest absolute Gasteiger partial charge is 0.0698 e. The van der Waals surface area contributed by atoms with Gasteiger partial charge in [0.1, 0.15) is 0 Å². The summed E-state index contributed by atoms with van der Waals surface area (Å²) in [6.45, 7) is 2.22. The van der Waals surface area contributed by atoms with E-state index in [0.717, 1.165) is 12.1 Å². The Hall–Kier alpha value is -1.37. The van der Waals surface area contributed by atoms with Crippen LogP contribution in [0.15, 0.2) is 42.6 Å². The van der Waals surface area contributed by atoms with Crippen LogP contribution in [-0.4, -0.2) is 4.98 Å². The van der Waals surface area contributed by atoms with Crippen molar-refractivity contribution in [3.63, 3.8) is 0 Å². The highest BCUT2D eigenvalue weighted by Gasteiger charge is 2.05. The lowest BCUT2D eigenvalue weighted by Gasteiger charge is -2.10. The Balaban J connectivity index is 2.25. The minimum Gasteiger partial charge on any atom is -0.256 e. The Labute approximate surface area is 78.8 Å². The highest BCUT2D eigenvalue weighted by molar-refractivity contribution is 5.72. The van der Waals surface area contributed by atoms with Crippen LogP contribution in [0.5, 0.6) is 0 Å². The molecule has 0 spiro atoms. The maximum Gasteiger partial charge on any atom is 0.0698 e. The summed E-state index contributed by atoms with van der Waals surface area (Å²) >= 11 is 0. The maximum absolute atomic E-state index is 4.31. The third-order valence-corrected chi connectivity index (χ3v) is 2.27. The molecule has 0 aromatic carbocycles. The number of rotatable bonds is 1. The van der Waals surface area contributed by atoms with Crippen LogP contribution < -0.4 is 0 Å². The standard InChI is InChI=1S/C12H13N/c1-10-5-7-11(8-6-10)12-4-2-3-9-13-12/h2-5,7-10H,6H2,1H3. The molecule has 0 radical (unpaired) electrons. The van der Waals surface area contributed by atoms with Crippen molar-refractivity contribution >= 4 is 5.57 Å². The second-order valence-corrected chi connectivity index (χ2v) is 3.45. The molecule has 1 nitrogen and oxygen atoms in total. The van der Waals surface area contributed by atoms with Crippen molar-refractivity contribution in [3.8, 4) is 0 Å². The van der Waals surface area contributed by atoms with E-state index >= 15 is 0 Å². The van der Waals surface area contributed by atoms with Gasteiger partial charge in [0.25, 0.3) is 0 Å². The molecule has 1 aromatic rings. The van der Waals surface area contributed by atoms with Gasteiger partial charge in [-0.1, -0.05) is 31.2 Å². The molecule has 1 atom stereocenters. The summed E-state index contributed by atoms with van der Waals surface area (Å²) in [5, 5.41) is 0. The molecule has 0 N–H and O–H groups in total. The van der Waals surface area contributed by atoms with Crippen molar-refractivity contribution in [1.82, 2.24) is 4.98 Å². The van der Waals surface area contributed by atoms with Gasteiger partial charge in [-0.25, -0.2) is 0 Å². The van der Waals surface area contributed by atoms with E-state index in [9.17, 15) is 0 Å². The summed E-state index contributed by atoms with van der Waals surface area (Å²) in [5.41, 5.74) is 2.32. The SMILES string of the molecule is CC1C=CC(c2ccccn2)=CC1. The highest BCUT2D eigenvalue weighted by Crippen LogP contribution is 2.21. The second kappa shape index (κ2) is 3.56. The van der Waals surface area contributed by atoms with Crippen LogP contribution in [0.2, 0.25) is 0 Å². The second-order valence-electron chi connectivity index (χ2n) is 3.45. The molecule has 1 aliphatic carbocycles. The first-order valence-electron chi connectivity index (χ1n) is 4.66. The fraction of sp³-hybridized carbons (Fsp3) is 0.250. The molecule has 0 fully saturated rings. The third-order valence-electron chi connectivity index (χ3n) is 2.27. The number of aromatic nitrogens is 1.